The topological polar surface area (TPSA) is 101 Å². The third-order valence-corrected chi connectivity index (χ3v) is 4.89. The Morgan fingerprint density at radius 1 is 1.32 bits per heavy atom. The number of aliphatic hydroxyl groups excluding tert-OH is 1. The maximum Gasteiger partial charge on any atom is 0.273 e. The summed E-state index contributed by atoms with van der Waals surface area (Å²) in [5.74, 6) is 0.427. The van der Waals surface area contributed by atoms with Crippen molar-refractivity contribution in [2.24, 2.45) is 0 Å². The van der Waals surface area contributed by atoms with Crippen LogP contribution in [0.2, 0.25) is 0 Å². The van der Waals surface area contributed by atoms with E-state index in [1.54, 1.807) is 12.1 Å². The number of aliphatic hydroxyl groups is 1. The van der Waals surface area contributed by atoms with Gasteiger partial charge in [0.05, 0.1) is 23.9 Å². The third kappa shape index (κ3) is 4.88. The number of carbonyl (C=O) groups is 1. The minimum absolute atomic E-state index is 0.0941. The van der Waals surface area contributed by atoms with Gasteiger partial charge in [0.2, 0.25) is 0 Å². The van der Waals surface area contributed by atoms with E-state index in [9.17, 15) is 9.90 Å². The van der Waals surface area contributed by atoms with Gasteiger partial charge in [-0.25, -0.2) is 4.68 Å². The molecule has 0 bridgehead atoms. The van der Waals surface area contributed by atoms with Gasteiger partial charge in [0, 0.05) is 6.54 Å². The average Bonchev–Trinajstić information content (AvgIpc) is 3.08. The van der Waals surface area contributed by atoms with E-state index in [4.69, 9.17) is 4.74 Å². The summed E-state index contributed by atoms with van der Waals surface area (Å²) in [4.78, 5) is 12.5. The molecule has 0 aliphatic carbocycles. The summed E-state index contributed by atoms with van der Waals surface area (Å²) >= 11 is 0. The fourth-order valence-electron chi connectivity index (χ4n) is 3.38. The van der Waals surface area contributed by atoms with Gasteiger partial charge in [-0.05, 0) is 64.4 Å². The molecule has 8 heteroatoms. The zero-order valence-corrected chi connectivity index (χ0v) is 16.7. The van der Waals surface area contributed by atoms with Gasteiger partial charge in [-0.3, -0.25) is 4.79 Å². The van der Waals surface area contributed by atoms with Crippen molar-refractivity contribution < 1.29 is 14.6 Å². The van der Waals surface area contributed by atoms with E-state index < -0.39 is 6.10 Å². The summed E-state index contributed by atoms with van der Waals surface area (Å²) < 4.78 is 7.44. The molecule has 1 fully saturated rings. The van der Waals surface area contributed by atoms with Crippen LogP contribution in [0, 0.1) is 6.92 Å². The molecule has 1 aliphatic rings. The maximum absolute atomic E-state index is 12.5. The highest BCUT2D eigenvalue weighted by atomic mass is 16.5. The summed E-state index contributed by atoms with van der Waals surface area (Å²) in [6, 6.07) is 7.50. The van der Waals surface area contributed by atoms with Crippen LogP contribution < -0.4 is 15.4 Å². The highest BCUT2D eigenvalue weighted by Gasteiger charge is 2.23. The van der Waals surface area contributed by atoms with Crippen LogP contribution in [0.5, 0.6) is 5.75 Å². The number of carbonyl (C=O) groups excluding carboxylic acids is 1. The molecule has 3 N–H and O–H groups in total. The van der Waals surface area contributed by atoms with Gasteiger partial charge >= 0.3 is 0 Å². The van der Waals surface area contributed by atoms with Crippen LogP contribution in [0.3, 0.4) is 0 Å². The van der Waals surface area contributed by atoms with E-state index >= 15 is 0 Å². The summed E-state index contributed by atoms with van der Waals surface area (Å²) in [5, 5.41) is 24.7. The molecule has 1 aromatic heterocycles. The number of hydrogen-bond donors (Lipinski definition) is 3. The van der Waals surface area contributed by atoms with Crippen molar-refractivity contribution in [2.75, 3.05) is 19.6 Å². The molecule has 3 rings (SSSR count). The molecular formula is C20H29N5O3. The molecule has 152 valence electrons. The highest BCUT2D eigenvalue weighted by molar-refractivity contribution is 5.93. The number of piperidine rings is 1. The van der Waals surface area contributed by atoms with Crippen LogP contribution in [0.25, 0.3) is 0 Å². The predicted molar refractivity (Wildman–Crippen MR) is 105 cm³/mol. The smallest absolute Gasteiger partial charge is 0.273 e. The lowest BCUT2D eigenvalue weighted by Gasteiger charge is -2.23. The average molecular weight is 387 g/mol. The second-order valence-electron chi connectivity index (χ2n) is 7.41. The molecule has 0 radical (unpaired) electrons. The third-order valence-electron chi connectivity index (χ3n) is 4.89. The molecule has 1 unspecified atom stereocenters. The highest BCUT2D eigenvalue weighted by Crippen LogP contribution is 2.21. The summed E-state index contributed by atoms with van der Waals surface area (Å²) in [6.45, 7) is 7.77. The summed E-state index contributed by atoms with van der Waals surface area (Å²) in [5.41, 5.74) is 1.78. The standard InChI is InChI=1S/C20H29N5O3/c1-13(2)28-17-6-4-15(5-7-17)18(26)12-22-20(27)19-14(3)25(24-23-19)16-8-10-21-11-9-16/h4-7,13,16,18,21,26H,8-12H2,1-3H3,(H,22,27). The lowest BCUT2D eigenvalue weighted by atomic mass is 10.1. The van der Waals surface area contributed by atoms with Gasteiger partial charge in [-0.2, -0.15) is 0 Å². The van der Waals surface area contributed by atoms with Crippen molar-refractivity contribution in [1.82, 2.24) is 25.6 Å². The lowest BCUT2D eigenvalue weighted by molar-refractivity contribution is 0.0910. The molecule has 1 amide bonds. The zero-order chi connectivity index (χ0) is 20.1. The number of ether oxygens (including phenoxy) is 1. The summed E-state index contributed by atoms with van der Waals surface area (Å²) in [6.07, 6.45) is 1.23. The largest absolute Gasteiger partial charge is 0.491 e. The normalized spacial score (nSPS) is 16.2. The van der Waals surface area contributed by atoms with E-state index in [0.29, 0.717) is 11.3 Å². The molecule has 1 atom stereocenters. The Labute approximate surface area is 165 Å². The molecule has 0 saturated carbocycles. The first-order chi connectivity index (χ1) is 13.5. The van der Waals surface area contributed by atoms with Gasteiger partial charge < -0.3 is 20.5 Å². The van der Waals surface area contributed by atoms with Crippen LogP contribution >= 0.6 is 0 Å². The first-order valence-electron chi connectivity index (χ1n) is 9.81. The molecule has 1 aliphatic heterocycles. The number of amides is 1. The van der Waals surface area contributed by atoms with E-state index in [0.717, 1.165) is 37.4 Å². The van der Waals surface area contributed by atoms with Crippen LogP contribution in [0.4, 0.5) is 0 Å². The maximum atomic E-state index is 12.5. The van der Waals surface area contributed by atoms with Crippen LogP contribution in [0.1, 0.15) is 60.6 Å². The van der Waals surface area contributed by atoms with Crippen LogP contribution in [-0.4, -0.2) is 51.7 Å². The second-order valence-corrected chi connectivity index (χ2v) is 7.41. The summed E-state index contributed by atoms with van der Waals surface area (Å²) in [7, 11) is 0. The van der Waals surface area contributed by atoms with Gasteiger partial charge in [-0.1, -0.05) is 17.3 Å². The first kappa shape index (κ1) is 20.3. The SMILES string of the molecule is Cc1c(C(=O)NCC(O)c2ccc(OC(C)C)cc2)nnn1C1CCNCC1. The number of benzene rings is 1. The van der Waals surface area contributed by atoms with Gasteiger partial charge in [0.15, 0.2) is 5.69 Å². The predicted octanol–water partition coefficient (Wildman–Crippen LogP) is 1.76. The van der Waals surface area contributed by atoms with Crippen molar-refractivity contribution in [3.63, 3.8) is 0 Å². The number of rotatable bonds is 7. The Bertz CT molecular complexity index is 782. The van der Waals surface area contributed by atoms with Crippen molar-refractivity contribution >= 4 is 5.91 Å². The van der Waals surface area contributed by atoms with Crippen molar-refractivity contribution in [3.05, 3.63) is 41.2 Å². The monoisotopic (exact) mass is 387 g/mol. The number of nitrogens with zero attached hydrogens (tertiary/aromatic N) is 3. The Hall–Kier alpha value is -2.45. The quantitative estimate of drug-likeness (QED) is 0.669. The molecule has 2 heterocycles. The van der Waals surface area contributed by atoms with Gasteiger partial charge in [0.25, 0.3) is 5.91 Å². The molecule has 28 heavy (non-hydrogen) atoms. The van der Waals surface area contributed by atoms with Gasteiger partial charge in [0.1, 0.15) is 5.75 Å². The van der Waals surface area contributed by atoms with E-state index in [1.807, 2.05) is 37.6 Å². The Balaban J connectivity index is 1.57. The number of hydrogen-bond acceptors (Lipinski definition) is 6. The van der Waals surface area contributed by atoms with Crippen molar-refractivity contribution in [2.45, 2.75) is 51.9 Å². The minimum Gasteiger partial charge on any atom is -0.491 e. The van der Waals surface area contributed by atoms with Crippen LogP contribution in [-0.2, 0) is 0 Å². The van der Waals surface area contributed by atoms with E-state index in [1.165, 1.54) is 0 Å². The number of aromatic nitrogens is 3. The van der Waals surface area contributed by atoms with E-state index in [-0.39, 0.29) is 24.6 Å². The molecular weight excluding hydrogens is 358 g/mol. The molecule has 8 nitrogen and oxygen atoms in total. The molecule has 2 aromatic rings. The van der Waals surface area contributed by atoms with Crippen molar-refractivity contribution in [1.29, 1.82) is 0 Å². The second kappa shape index (κ2) is 9.16. The van der Waals surface area contributed by atoms with E-state index in [2.05, 4.69) is 20.9 Å². The molecule has 1 aromatic carbocycles. The lowest BCUT2D eigenvalue weighted by Crippen LogP contribution is -2.31. The fourth-order valence-corrected chi connectivity index (χ4v) is 3.38. The van der Waals surface area contributed by atoms with Gasteiger partial charge in [-0.15, -0.1) is 5.10 Å². The minimum atomic E-state index is -0.809. The Morgan fingerprint density at radius 2 is 2.00 bits per heavy atom. The Kier molecular flexibility index (Phi) is 6.64. The fraction of sp³-hybridized carbons (Fsp3) is 0.550. The van der Waals surface area contributed by atoms with Crippen molar-refractivity contribution in [3.8, 4) is 5.75 Å². The number of nitrogens with one attached hydrogen (secondary N) is 2. The first-order valence-corrected chi connectivity index (χ1v) is 9.81. The molecule has 0 spiro atoms. The Morgan fingerprint density at radius 3 is 2.64 bits per heavy atom. The zero-order valence-electron chi connectivity index (χ0n) is 16.7. The van der Waals surface area contributed by atoms with Crippen LogP contribution in [0.15, 0.2) is 24.3 Å². The molecule has 1 saturated heterocycles.